The van der Waals surface area contributed by atoms with Crippen LogP contribution in [0.2, 0.25) is 0 Å². The molecule has 1 aromatic rings. The minimum absolute atomic E-state index is 0.454. The first-order chi connectivity index (χ1) is 6.42. The highest BCUT2D eigenvalue weighted by Crippen LogP contribution is 2.26. The van der Waals surface area contributed by atoms with Gasteiger partial charge >= 0.3 is 0 Å². The minimum Gasteiger partial charge on any atom is -0.495 e. The summed E-state index contributed by atoms with van der Waals surface area (Å²) in [6.07, 6.45) is 1.10. The summed E-state index contributed by atoms with van der Waals surface area (Å²) in [7, 11) is -1.76. The standard InChI is InChI=1S/C8H10INO3S/c1-13-8-5-6(9)3-4-7(8)10-14(2,11)12/h3-5,10H,1-2H3. The maximum Gasteiger partial charge on any atom is 0.229 e. The lowest BCUT2D eigenvalue weighted by atomic mass is 10.3. The van der Waals surface area contributed by atoms with Crippen LogP contribution in [0.1, 0.15) is 0 Å². The molecule has 0 heterocycles. The highest BCUT2D eigenvalue weighted by Gasteiger charge is 2.07. The third-order valence-electron chi connectivity index (χ3n) is 1.46. The summed E-state index contributed by atoms with van der Waals surface area (Å²) in [5.74, 6) is 0.516. The first kappa shape index (κ1) is 11.6. The minimum atomic E-state index is -3.26. The van der Waals surface area contributed by atoms with Crippen LogP contribution < -0.4 is 9.46 Å². The number of hydrogen-bond donors (Lipinski definition) is 1. The summed E-state index contributed by atoms with van der Waals surface area (Å²) >= 11 is 2.13. The largest absolute Gasteiger partial charge is 0.495 e. The second-order valence-electron chi connectivity index (χ2n) is 2.72. The molecule has 0 aliphatic rings. The lowest BCUT2D eigenvalue weighted by molar-refractivity contribution is 0.416. The molecule has 6 heteroatoms. The molecule has 14 heavy (non-hydrogen) atoms. The summed E-state index contributed by atoms with van der Waals surface area (Å²) < 4.78 is 30.4. The zero-order valence-electron chi connectivity index (χ0n) is 7.74. The van der Waals surface area contributed by atoms with Crippen LogP contribution in [-0.2, 0) is 10.0 Å². The van der Waals surface area contributed by atoms with Crippen molar-refractivity contribution in [3.05, 3.63) is 21.8 Å². The number of ether oxygens (including phenoxy) is 1. The molecular formula is C8H10INO3S. The Bertz CT molecular complexity index is 430. The molecule has 0 amide bonds. The van der Waals surface area contributed by atoms with Crippen molar-refractivity contribution >= 4 is 38.3 Å². The van der Waals surface area contributed by atoms with Gasteiger partial charge in [0.15, 0.2) is 0 Å². The molecule has 1 rings (SSSR count). The zero-order valence-corrected chi connectivity index (χ0v) is 10.7. The lowest BCUT2D eigenvalue weighted by Gasteiger charge is -2.09. The number of benzene rings is 1. The van der Waals surface area contributed by atoms with Gasteiger partial charge in [-0.2, -0.15) is 0 Å². The zero-order chi connectivity index (χ0) is 10.8. The second-order valence-corrected chi connectivity index (χ2v) is 5.71. The van der Waals surface area contributed by atoms with E-state index >= 15 is 0 Å². The van der Waals surface area contributed by atoms with Gasteiger partial charge in [-0.15, -0.1) is 0 Å². The smallest absolute Gasteiger partial charge is 0.229 e. The molecule has 0 saturated heterocycles. The van der Waals surface area contributed by atoms with Crippen molar-refractivity contribution in [2.24, 2.45) is 0 Å². The Morgan fingerprint density at radius 2 is 2.07 bits per heavy atom. The lowest BCUT2D eigenvalue weighted by Crippen LogP contribution is -2.10. The predicted octanol–water partition coefficient (Wildman–Crippen LogP) is 1.67. The number of rotatable bonds is 3. The van der Waals surface area contributed by atoms with Crippen LogP contribution in [0, 0.1) is 3.57 Å². The Morgan fingerprint density at radius 1 is 1.43 bits per heavy atom. The molecule has 1 aromatic carbocycles. The fourth-order valence-electron chi connectivity index (χ4n) is 0.949. The first-order valence-corrected chi connectivity index (χ1v) is 6.71. The maximum absolute atomic E-state index is 11.0. The van der Waals surface area contributed by atoms with Crippen LogP contribution in [0.25, 0.3) is 0 Å². The van der Waals surface area contributed by atoms with E-state index in [4.69, 9.17) is 4.74 Å². The van der Waals surface area contributed by atoms with Gasteiger partial charge in [-0.1, -0.05) is 0 Å². The topological polar surface area (TPSA) is 55.4 Å². The second kappa shape index (κ2) is 4.35. The van der Waals surface area contributed by atoms with Crippen LogP contribution in [0.5, 0.6) is 5.75 Å². The van der Waals surface area contributed by atoms with Crippen LogP contribution in [0.15, 0.2) is 18.2 Å². The normalized spacial score (nSPS) is 11.1. The van der Waals surface area contributed by atoms with Crippen molar-refractivity contribution in [3.63, 3.8) is 0 Å². The van der Waals surface area contributed by atoms with E-state index < -0.39 is 10.0 Å². The van der Waals surface area contributed by atoms with E-state index in [1.807, 2.05) is 0 Å². The molecule has 0 saturated carbocycles. The van der Waals surface area contributed by atoms with Gasteiger partial charge < -0.3 is 4.74 Å². The van der Waals surface area contributed by atoms with Gasteiger partial charge in [0.1, 0.15) is 5.75 Å². The molecule has 4 nitrogen and oxygen atoms in total. The molecule has 0 spiro atoms. The Balaban J connectivity index is 3.09. The number of halogens is 1. The fraction of sp³-hybridized carbons (Fsp3) is 0.250. The number of sulfonamides is 1. The molecule has 0 fully saturated rings. The molecule has 78 valence electrons. The van der Waals surface area contributed by atoms with Gasteiger partial charge in [-0.3, -0.25) is 4.72 Å². The van der Waals surface area contributed by atoms with Crippen molar-refractivity contribution in [3.8, 4) is 5.75 Å². The molecule has 0 bridgehead atoms. The van der Waals surface area contributed by atoms with Crippen LogP contribution >= 0.6 is 22.6 Å². The Hall–Kier alpha value is -0.500. The third kappa shape index (κ3) is 3.33. The van der Waals surface area contributed by atoms with Gasteiger partial charge in [0.25, 0.3) is 0 Å². The monoisotopic (exact) mass is 327 g/mol. The average Bonchev–Trinajstić information content (AvgIpc) is 2.06. The summed E-state index contributed by atoms with van der Waals surface area (Å²) in [5.41, 5.74) is 0.454. The van der Waals surface area contributed by atoms with E-state index in [1.165, 1.54) is 7.11 Å². The van der Waals surface area contributed by atoms with Gasteiger partial charge in [0, 0.05) is 3.57 Å². The quantitative estimate of drug-likeness (QED) is 0.860. The predicted molar refractivity (Wildman–Crippen MR) is 64.2 cm³/mol. The van der Waals surface area contributed by atoms with Crippen LogP contribution in [0.3, 0.4) is 0 Å². The van der Waals surface area contributed by atoms with Gasteiger partial charge in [0.2, 0.25) is 10.0 Å². The van der Waals surface area contributed by atoms with E-state index in [-0.39, 0.29) is 0 Å². The molecule has 0 radical (unpaired) electrons. The van der Waals surface area contributed by atoms with E-state index in [0.717, 1.165) is 9.83 Å². The fourth-order valence-corrected chi connectivity index (χ4v) is 1.98. The van der Waals surface area contributed by atoms with Gasteiger partial charge in [0.05, 0.1) is 19.1 Å². The summed E-state index contributed by atoms with van der Waals surface area (Å²) in [4.78, 5) is 0. The SMILES string of the molecule is COc1cc(I)ccc1NS(C)(=O)=O. The number of nitrogens with one attached hydrogen (secondary N) is 1. The van der Waals surface area contributed by atoms with Crippen molar-refractivity contribution in [1.82, 2.24) is 0 Å². The Labute approximate surface area is 96.8 Å². The van der Waals surface area contributed by atoms with E-state index in [9.17, 15) is 8.42 Å². The van der Waals surface area contributed by atoms with Crippen molar-refractivity contribution < 1.29 is 13.2 Å². The van der Waals surface area contributed by atoms with Crippen LogP contribution in [-0.4, -0.2) is 21.8 Å². The van der Waals surface area contributed by atoms with E-state index in [2.05, 4.69) is 27.3 Å². The average molecular weight is 327 g/mol. The summed E-state index contributed by atoms with van der Waals surface area (Å²) in [5, 5.41) is 0. The van der Waals surface area contributed by atoms with Crippen molar-refractivity contribution in [1.29, 1.82) is 0 Å². The van der Waals surface area contributed by atoms with Crippen molar-refractivity contribution in [2.45, 2.75) is 0 Å². The molecule has 0 aliphatic heterocycles. The highest BCUT2D eigenvalue weighted by molar-refractivity contribution is 14.1. The number of methoxy groups -OCH3 is 1. The molecule has 0 unspecified atom stereocenters. The number of anilines is 1. The van der Waals surface area contributed by atoms with Gasteiger partial charge in [-0.25, -0.2) is 8.42 Å². The molecule has 0 aliphatic carbocycles. The maximum atomic E-state index is 11.0. The van der Waals surface area contributed by atoms with Crippen LogP contribution in [0.4, 0.5) is 5.69 Å². The molecule has 0 aromatic heterocycles. The number of hydrogen-bond acceptors (Lipinski definition) is 3. The third-order valence-corrected chi connectivity index (χ3v) is 2.72. The van der Waals surface area contributed by atoms with E-state index in [0.29, 0.717) is 11.4 Å². The Morgan fingerprint density at radius 3 is 2.57 bits per heavy atom. The van der Waals surface area contributed by atoms with Crippen molar-refractivity contribution in [2.75, 3.05) is 18.1 Å². The summed E-state index contributed by atoms with van der Waals surface area (Å²) in [6.45, 7) is 0. The molecular weight excluding hydrogens is 317 g/mol. The molecule has 1 N–H and O–H groups in total. The van der Waals surface area contributed by atoms with Gasteiger partial charge in [-0.05, 0) is 40.8 Å². The summed E-state index contributed by atoms with van der Waals surface area (Å²) in [6, 6.07) is 5.23. The van der Waals surface area contributed by atoms with E-state index in [1.54, 1.807) is 18.2 Å². The molecule has 0 atom stereocenters. The first-order valence-electron chi connectivity index (χ1n) is 3.74. The Kier molecular flexibility index (Phi) is 3.59. The highest BCUT2D eigenvalue weighted by atomic mass is 127.